The highest BCUT2D eigenvalue weighted by molar-refractivity contribution is 5.78. The molecular weight excluding hydrogens is 168 g/mol. The molecule has 0 amide bonds. The summed E-state index contributed by atoms with van der Waals surface area (Å²) in [4.78, 5) is 10.7. The second-order valence-corrected chi connectivity index (χ2v) is 2.73. The highest BCUT2D eigenvalue weighted by atomic mass is 16.6. The smallest absolute Gasteiger partial charge is 0.372 e. The molecule has 12 heavy (non-hydrogen) atoms. The van der Waals surface area contributed by atoms with Crippen molar-refractivity contribution in [1.82, 2.24) is 0 Å². The number of hydrogen-bond acceptors (Lipinski definition) is 6. The number of ether oxygens (including phenoxy) is 1. The van der Waals surface area contributed by atoms with Gasteiger partial charge in [-0.15, -0.1) is 0 Å². The number of carbonyl (C=O) groups excluding carboxylic acids is 1. The van der Waals surface area contributed by atoms with E-state index in [0.717, 1.165) is 0 Å². The van der Waals surface area contributed by atoms with E-state index in [2.05, 4.69) is 4.74 Å². The lowest BCUT2D eigenvalue weighted by Crippen LogP contribution is -2.59. The quantitative estimate of drug-likeness (QED) is 0.245. The number of rotatable bonds is 0. The molecule has 0 spiro atoms. The first-order valence-corrected chi connectivity index (χ1v) is 3.44. The van der Waals surface area contributed by atoms with E-state index >= 15 is 0 Å². The van der Waals surface area contributed by atoms with Gasteiger partial charge in [0, 0.05) is 6.42 Å². The fourth-order valence-corrected chi connectivity index (χ4v) is 0.922. The van der Waals surface area contributed by atoms with Crippen LogP contribution in [-0.4, -0.2) is 44.6 Å². The van der Waals surface area contributed by atoms with E-state index in [0.29, 0.717) is 0 Å². The molecule has 1 aliphatic heterocycles. The number of aliphatic hydroxyl groups is 4. The van der Waals surface area contributed by atoms with Crippen molar-refractivity contribution in [3.63, 3.8) is 0 Å². The average molecular weight is 178 g/mol. The van der Waals surface area contributed by atoms with Crippen LogP contribution in [0.2, 0.25) is 0 Å². The van der Waals surface area contributed by atoms with Crippen molar-refractivity contribution in [2.75, 3.05) is 6.61 Å². The summed E-state index contributed by atoms with van der Waals surface area (Å²) in [5.74, 6) is -7.51. The molecule has 0 bridgehead atoms. The second kappa shape index (κ2) is 2.67. The monoisotopic (exact) mass is 178 g/mol. The third-order valence-electron chi connectivity index (χ3n) is 1.75. The molecule has 1 aliphatic rings. The third-order valence-corrected chi connectivity index (χ3v) is 1.75. The van der Waals surface area contributed by atoms with Gasteiger partial charge in [-0.05, 0) is 6.42 Å². The summed E-state index contributed by atoms with van der Waals surface area (Å²) in [6.45, 7) is -0.0510. The van der Waals surface area contributed by atoms with Crippen LogP contribution in [0, 0.1) is 0 Å². The average Bonchev–Trinajstić information content (AvgIpc) is 2.02. The molecule has 1 heterocycles. The zero-order valence-electron chi connectivity index (χ0n) is 6.23. The lowest BCUT2D eigenvalue weighted by atomic mass is 10.0. The Morgan fingerprint density at radius 2 is 1.83 bits per heavy atom. The van der Waals surface area contributed by atoms with Crippen molar-refractivity contribution in [2.45, 2.75) is 24.4 Å². The molecule has 0 radical (unpaired) electrons. The maximum Gasteiger partial charge on any atom is 0.372 e. The fraction of sp³-hybridized carbons (Fsp3) is 0.833. The fourth-order valence-electron chi connectivity index (χ4n) is 0.922. The molecule has 6 nitrogen and oxygen atoms in total. The molecule has 4 N–H and O–H groups in total. The van der Waals surface area contributed by atoms with Crippen molar-refractivity contribution < 1.29 is 30.0 Å². The Morgan fingerprint density at radius 3 is 2.42 bits per heavy atom. The second-order valence-electron chi connectivity index (χ2n) is 2.73. The molecule has 0 saturated carbocycles. The van der Waals surface area contributed by atoms with Gasteiger partial charge in [-0.2, -0.15) is 0 Å². The topological polar surface area (TPSA) is 107 Å². The van der Waals surface area contributed by atoms with Gasteiger partial charge < -0.3 is 25.2 Å². The van der Waals surface area contributed by atoms with Gasteiger partial charge in [-0.25, -0.2) is 4.79 Å². The molecule has 0 aromatic heterocycles. The number of carbonyl (C=O) groups is 1. The van der Waals surface area contributed by atoms with Gasteiger partial charge in [0.05, 0.1) is 6.61 Å². The van der Waals surface area contributed by atoms with E-state index in [9.17, 15) is 4.79 Å². The molecule has 6 heteroatoms. The number of cyclic esters (lactones) is 1. The summed E-state index contributed by atoms with van der Waals surface area (Å²) in [7, 11) is 0. The standard InChI is InChI=1S/C6H10O6/c7-4-6(10,11)5(8,9)2-1-3-12-4/h8-11H,1-3H2. The molecular formula is C6H10O6. The van der Waals surface area contributed by atoms with Gasteiger partial charge in [0.15, 0.2) is 0 Å². The van der Waals surface area contributed by atoms with E-state index in [1.54, 1.807) is 0 Å². The SMILES string of the molecule is O=C1OCCCC(O)(O)C1(O)O. The predicted octanol–water partition coefficient (Wildman–Crippen LogP) is -2.31. The Labute approximate surface area is 68.0 Å². The van der Waals surface area contributed by atoms with Crippen molar-refractivity contribution in [3.05, 3.63) is 0 Å². The van der Waals surface area contributed by atoms with Gasteiger partial charge in [0.25, 0.3) is 0 Å². The van der Waals surface area contributed by atoms with Crippen LogP contribution < -0.4 is 0 Å². The Balaban J connectivity index is 2.94. The highest BCUT2D eigenvalue weighted by Gasteiger charge is 2.55. The molecule has 1 fully saturated rings. The molecule has 1 saturated heterocycles. The molecule has 0 aliphatic carbocycles. The van der Waals surface area contributed by atoms with Gasteiger partial charge in [-0.1, -0.05) is 0 Å². The zero-order chi connectivity index (χ0) is 9.41. The summed E-state index contributed by atoms with van der Waals surface area (Å²) < 4.78 is 4.29. The minimum atomic E-state index is -3.23. The molecule has 0 aromatic rings. The summed E-state index contributed by atoms with van der Waals surface area (Å²) in [5, 5.41) is 35.9. The van der Waals surface area contributed by atoms with Crippen molar-refractivity contribution in [2.24, 2.45) is 0 Å². The first-order chi connectivity index (χ1) is 5.38. The van der Waals surface area contributed by atoms with Crippen LogP contribution in [0.5, 0.6) is 0 Å². The third kappa shape index (κ3) is 1.29. The zero-order valence-corrected chi connectivity index (χ0v) is 6.23. The van der Waals surface area contributed by atoms with Gasteiger partial charge in [0.2, 0.25) is 5.79 Å². The maximum absolute atomic E-state index is 10.7. The maximum atomic E-state index is 10.7. The molecule has 1 rings (SSSR count). The minimum absolute atomic E-state index is 0.0510. The summed E-state index contributed by atoms with van der Waals surface area (Å²) >= 11 is 0. The van der Waals surface area contributed by atoms with Crippen LogP contribution in [0.3, 0.4) is 0 Å². The lowest BCUT2D eigenvalue weighted by molar-refractivity contribution is -0.342. The van der Waals surface area contributed by atoms with Crippen molar-refractivity contribution >= 4 is 5.97 Å². The molecule has 0 unspecified atom stereocenters. The summed E-state index contributed by atoms with van der Waals surface area (Å²) in [5.41, 5.74) is 0. The van der Waals surface area contributed by atoms with E-state index in [4.69, 9.17) is 20.4 Å². The molecule has 70 valence electrons. The van der Waals surface area contributed by atoms with Gasteiger partial charge in [-0.3, -0.25) is 0 Å². The summed E-state index contributed by atoms with van der Waals surface area (Å²) in [6.07, 6.45) is -0.159. The van der Waals surface area contributed by atoms with E-state index < -0.39 is 17.5 Å². The van der Waals surface area contributed by atoms with E-state index in [1.807, 2.05) is 0 Å². The molecule has 0 atom stereocenters. The van der Waals surface area contributed by atoms with Crippen LogP contribution in [0.4, 0.5) is 0 Å². The normalized spacial score (nSPS) is 27.5. The Kier molecular flexibility index (Phi) is 2.09. The van der Waals surface area contributed by atoms with Crippen LogP contribution in [0.1, 0.15) is 12.8 Å². The van der Waals surface area contributed by atoms with Crippen molar-refractivity contribution in [1.29, 1.82) is 0 Å². The van der Waals surface area contributed by atoms with Crippen LogP contribution >= 0.6 is 0 Å². The summed E-state index contributed by atoms with van der Waals surface area (Å²) in [6, 6.07) is 0. The predicted molar refractivity (Wildman–Crippen MR) is 34.5 cm³/mol. The first kappa shape index (κ1) is 9.40. The van der Waals surface area contributed by atoms with E-state index in [-0.39, 0.29) is 19.4 Å². The van der Waals surface area contributed by atoms with Crippen LogP contribution in [-0.2, 0) is 9.53 Å². The first-order valence-electron chi connectivity index (χ1n) is 3.44. The Bertz CT molecular complexity index is 196. The largest absolute Gasteiger partial charge is 0.462 e. The van der Waals surface area contributed by atoms with Crippen molar-refractivity contribution in [3.8, 4) is 0 Å². The van der Waals surface area contributed by atoms with Crippen LogP contribution in [0.15, 0.2) is 0 Å². The van der Waals surface area contributed by atoms with Gasteiger partial charge >= 0.3 is 11.8 Å². The van der Waals surface area contributed by atoms with E-state index in [1.165, 1.54) is 0 Å². The molecule has 0 aromatic carbocycles. The Morgan fingerprint density at radius 1 is 1.25 bits per heavy atom. The minimum Gasteiger partial charge on any atom is -0.462 e. The van der Waals surface area contributed by atoms with Crippen LogP contribution in [0.25, 0.3) is 0 Å². The van der Waals surface area contributed by atoms with Gasteiger partial charge in [0.1, 0.15) is 0 Å². The highest BCUT2D eigenvalue weighted by Crippen LogP contribution is 2.26. The number of esters is 1. The lowest BCUT2D eigenvalue weighted by Gasteiger charge is -2.29. The Hall–Kier alpha value is -0.690. The number of hydrogen-bond donors (Lipinski definition) is 4.